The van der Waals surface area contributed by atoms with Crippen molar-refractivity contribution in [2.24, 2.45) is 0 Å². The molecule has 108 valence electrons. The Kier molecular flexibility index (Phi) is 7.70. The molecule has 0 fully saturated rings. The lowest BCUT2D eigenvalue weighted by Crippen LogP contribution is -2.05. The Morgan fingerprint density at radius 1 is 1.35 bits per heavy atom. The van der Waals surface area contributed by atoms with Gasteiger partial charge >= 0.3 is 5.97 Å². The van der Waals surface area contributed by atoms with Gasteiger partial charge in [-0.1, -0.05) is 48.0 Å². The van der Waals surface area contributed by atoms with Crippen molar-refractivity contribution < 1.29 is 14.3 Å². The fourth-order valence-electron chi connectivity index (χ4n) is 1.59. The molecule has 0 bridgehead atoms. The predicted octanol–water partition coefficient (Wildman–Crippen LogP) is 4.18. The third-order valence-corrected chi connectivity index (χ3v) is 2.84. The van der Waals surface area contributed by atoms with E-state index in [1.165, 1.54) is 6.92 Å². The average Bonchev–Trinajstić information content (AvgIpc) is 2.43. The van der Waals surface area contributed by atoms with Crippen molar-refractivity contribution in [3.05, 3.63) is 59.3 Å². The standard InChI is InChI=1S/C16H19ClO3/c1-3-7-15(17)16(20-13(2)18)10-11-19-12-14-8-5-4-6-9-14/h3-6,8-9H,1,7,10-12H2,2H3/b16-15-. The van der Waals surface area contributed by atoms with Gasteiger partial charge in [-0.15, -0.1) is 6.58 Å². The van der Waals surface area contributed by atoms with Gasteiger partial charge in [-0.05, 0) is 5.56 Å². The summed E-state index contributed by atoms with van der Waals surface area (Å²) in [5.74, 6) is 0.0670. The Morgan fingerprint density at radius 3 is 2.65 bits per heavy atom. The van der Waals surface area contributed by atoms with Crippen LogP contribution in [0.15, 0.2) is 53.8 Å². The zero-order valence-corrected chi connectivity index (χ0v) is 12.4. The molecule has 0 aromatic heterocycles. The van der Waals surface area contributed by atoms with Crippen LogP contribution in [0.4, 0.5) is 0 Å². The number of rotatable bonds is 8. The van der Waals surface area contributed by atoms with E-state index in [2.05, 4.69) is 6.58 Å². The Bertz CT molecular complexity index is 466. The van der Waals surface area contributed by atoms with Gasteiger partial charge in [0, 0.05) is 19.8 Å². The van der Waals surface area contributed by atoms with E-state index in [-0.39, 0.29) is 5.97 Å². The van der Waals surface area contributed by atoms with Crippen molar-refractivity contribution >= 4 is 17.6 Å². The summed E-state index contributed by atoms with van der Waals surface area (Å²) in [6.45, 7) is 5.91. The molecular formula is C16H19ClO3. The Hall–Kier alpha value is -1.58. The summed E-state index contributed by atoms with van der Waals surface area (Å²) in [6, 6.07) is 9.87. The van der Waals surface area contributed by atoms with Crippen LogP contribution in [0, 0.1) is 0 Å². The molecule has 0 saturated heterocycles. The molecule has 0 N–H and O–H groups in total. The van der Waals surface area contributed by atoms with Crippen molar-refractivity contribution in [2.75, 3.05) is 6.61 Å². The Morgan fingerprint density at radius 2 is 2.05 bits per heavy atom. The summed E-state index contributed by atoms with van der Waals surface area (Å²) in [4.78, 5) is 11.0. The van der Waals surface area contributed by atoms with Crippen LogP contribution in [0.3, 0.4) is 0 Å². The van der Waals surface area contributed by atoms with Crippen LogP contribution in [0.2, 0.25) is 0 Å². The van der Waals surface area contributed by atoms with E-state index in [9.17, 15) is 4.79 Å². The first-order valence-electron chi connectivity index (χ1n) is 6.42. The lowest BCUT2D eigenvalue weighted by Gasteiger charge is -2.10. The molecule has 3 nitrogen and oxygen atoms in total. The van der Waals surface area contributed by atoms with Gasteiger partial charge in [0.05, 0.1) is 18.2 Å². The maximum absolute atomic E-state index is 11.0. The third kappa shape index (κ3) is 6.55. The molecule has 0 spiro atoms. The molecule has 0 aliphatic carbocycles. The monoisotopic (exact) mass is 294 g/mol. The van der Waals surface area contributed by atoms with Crippen LogP contribution in [-0.4, -0.2) is 12.6 Å². The quantitative estimate of drug-likeness (QED) is 0.312. The molecule has 0 unspecified atom stereocenters. The van der Waals surface area contributed by atoms with E-state index in [1.54, 1.807) is 6.08 Å². The second-order valence-electron chi connectivity index (χ2n) is 4.20. The summed E-state index contributed by atoms with van der Waals surface area (Å²) in [5.41, 5.74) is 1.10. The fourth-order valence-corrected chi connectivity index (χ4v) is 1.83. The number of hydrogen-bond acceptors (Lipinski definition) is 3. The van der Waals surface area contributed by atoms with E-state index in [0.29, 0.717) is 36.8 Å². The predicted molar refractivity (Wildman–Crippen MR) is 80.2 cm³/mol. The molecule has 0 radical (unpaired) electrons. The molecule has 0 aliphatic rings. The summed E-state index contributed by atoms with van der Waals surface area (Å²) >= 11 is 6.06. The number of carbonyl (C=O) groups is 1. The van der Waals surface area contributed by atoms with Gasteiger partial charge in [-0.3, -0.25) is 4.79 Å². The Balaban J connectivity index is 2.44. The molecular weight excluding hydrogens is 276 g/mol. The van der Waals surface area contributed by atoms with Crippen LogP contribution in [0.25, 0.3) is 0 Å². The van der Waals surface area contributed by atoms with Crippen molar-refractivity contribution in [1.29, 1.82) is 0 Å². The maximum atomic E-state index is 11.0. The summed E-state index contributed by atoms with van der Waals surface area (Å²) in [6.07, 6.45) is 2.60. The van der Waals surface area contributed by atoms with Gasteiger partial charge in [0.2, 0.25) is 0 Å². The van der Waals surface area contributed by atoms with E-state index in [1.807, 2.05) is 30.3 Å². The minimum Gasteiger partial charge on any atom is -0.430 e. The van der Waals surface area contributed by atoms with E-state index < -0.39 is 0 Å². The Labute approximate surface area is 124 Å². The zero-order valence-electron chi connectivity index (χ0n) is 11.6. The number of hydrogen-bond donors (Lipinski definition) is 0. The number of benzene rings is 1. The molecule has 0 saturated carbocycles. The number of allylic oxidation sites excluding steroid dienone is 2. The minimum atomic E-state index is -0.384. The van der Waals surface area contributed by atoms with Gasteiger partial charge in [0.25, 0.3) is 0 Å². The van der Waals surface area contributed by atoms with Crippen LogP contribution in [0.5, 0.6) is 0 Å². The first-order valence-corrected chi connectivity index (χ1v) is 6.79. The van der Waals surface area contributed by atoms with Crippen molar-refractivity contribution in [3.63, 3.8) is 0 Å². The summed E-state index contributed by atoms with van der Waals surface area (Å²) in [7, 11) is 0. The second-order valence-corrected chi connectivity index (χ2v) is 4.66. The maximum Gasteiger partial charge on any atom is 0.307 e. The van der Waals surface area contributed by atoms with Gasteiger partial charge in [-0.2, -0.15) is 0 Å². The van der Waals surface area contributed by atoms with Crippen molar-refractivity contribution in [1.82, 2.24) is 0 Å². The van der Waals surface area contributed by atoms with E-state index >= 15 is 0 Å². The van der Waals surface area contributed by atoms with Crippen molar-refractivity contribution in [3.8, 4) is 0 Å². The smallest absolute Gasteiger partial charge is 0.307 e. The lowest BCUT2D eigenvalue weighted by atomic mass is 10.2. The first-order chi connectivity index (χ1) is 9.63. The topological polar surface area (TPSA) is 35.5 Å². The average molecular weight is 295 g/mol. The van der Waals surface area contributed by atoms with Crippen LogP contribution in [0.1, 0.15) is 25.3 Å². The highest BCUT2D eigenvalue weighted by Crippen LogP contribution is 2.19. The highest BCUT2D eigenvalue weighted by atomic mass is 35.5. The molecule has 0 atom stereocenters. The molecule has 0 aliphatic heterocycles. The summed E-state index contributed by atoms with van der Waals surface area (Å²) < 4.78 is 10.6. The summed E-state index contributed by atoms with van der Waals surface area (Å²) in [5, 5.41) is 0.485. The molecule has 4 heteroatoms. The molecule has 0 amide bonds. The molecule has 1 aromatic rings. The molecule has 1 rings (SSSR count). The van der Waals surface area contributed by atoms with Gasteiger partial charge in [0.1, 0.15) is 5.76 Å². The molecule has 1 aromatic carbocycles. The largest absolute Gasteiger partial charge is 0.430 e. The van der Waals surface area contributed by atoms with Crippen molar-refractivity contribution in [2.45, 2.75) is 26.4 Å². The third-order valence-electron chi connectivity index (χ3n) is 2.48. The number of carbonyl (C=O) groups excluding carboxylic acids is 1. The van der Waals surface area contributed by atoms with Crippen LogP contribution in [-0.2, 0) is 20.9 Å². The zero-order chi connectivity index (χ0) is 14.8. The van der Waals surface area contributed by atoms with Crippen LogP contribution < -0.4 is 0 Å². The van der Waals surface area contributed by atoms with Gasteiger partial charge < -0.3 is 9.47 Å². The van der Waals surface area contributed by atoms with Crippen LogP contribution >= 0.6 is 11.6 Å². The van der Waals surface area contributed by atoms with E-state index in [4.69, 9.17) is 21.1 Å². The highest BCUT2D eigenvalue weighted by Gasteiger charge is 2.08. The molecule has 20 heavy (non-hydrogen) atoms. The van der Waals surface area contributed by atoms with Gasteiger partial charge in [0.15, 0.2) is 0 Å². The number of ether oxygens (including phenoxy) is 2. The fraction of sp³-hybridized carbons (Fsp3) is 0.312. The minimum absolute atomic E-state index is 0.384. The molecule has 0 heterocycles. The number of esters is 1. The first kappa shape index (κ1) is 16.5. The second kappa shape index (κ2) is 9.34. The highest BCUT2D eigenvalue weighted by molar-refractivity contribution is 6.30. The van der Waals surface area contributed by atoms with Gasteiger partial charge in [-0.25, -0.2) is 0 Å². The lowest BCUT2D eigenvalue weighted by molar-refractivity contribution is -0.137. The normalized spacial score (nSPS) is 11.7. The SMILES string of the molecule is C=CC/C(Cl)=C(\CCOCc1ccccc1)OC(C)=O. The number of halogens is 1. The van der Waals surface area contributed by atoms with E-state index in [0.717, 1.165) is 5.56 Å².